The Morgan fingerprint density at radius 1 is 1.00 bits per heavy atom. The Labute approximate surface area is 139 Å². The minimum absolute atomic E-state index is 0.125. The maximum Gasteiger partial charge on any atom is 0.416 e. The molecule has 0 amide bonds. The Hall–Kier alpha value is -0.710. The lowest BCUT2D eigenvalue weighted by Gasteiger charge is -2.13. The summed E-state index contributed by atoms with van der Waals surface area (Å²) >= 11 is 15.5. The average molecular weight is 398 g/mol. The van der Waals surface area contributed by atoms with E-state index in [1.807, 2.05) is 0 Å². The zero-order valence-corrected chi connectivity index (χ0v) is 13.7. The maximum atomic E-state index is 12.5. The molecule has 0 saturated carbocycles. The predicted octanol–water partition coefficient (Wildman–Crippen LogP) is 6.69. The van der Waals surface area contributed by atoms with Crippen LogP contribution in [0, 0.1) is 0 Å². The fourth-order valence-corrected chi connectivity index (χ4v) is 3.22. The minimum Gasteiger partial charge on any atom is -0.166 e. The van der Waals surface area contributed by atoms with Crippen LogP contribution in [0.5, 0.6) is 0 Å². The van der Waals surface area contributed by atoms with Crippen LogP contribution in [-0.4, -0.2) is 0 Å². The van der Waals surface area contributed by atoms with E-state index in [1.54, 1.807) is 18.2 Å². The average Bonchev–Trinajstić information content (AvgIpc) is 2.41. The van der Waals surface area contributed by atoms with Crippen LogP contribution in [0.15, 0.2) is 42.5 Å². The normalized spacial score (nSPS) is 13.2. The minimum atomic E-state index is -4.32. The van der Waals surface area contributed by atoms with Crippen molar-refractivity contribution in [2.24, 2.45) is 0 Å². The van der Waals surface area contributed by atoms with E-state index in [0.29, 0.717) is 16.5 Å². The van der Waals surface area contributed by atoms with Gasteiger partial charge < -0.3 is 0 Å². The Morgan fingerprint density at radius 2 is 1.62 bits per heavy atom. The maximum absolute atomic E-state index is 12.5. The van der Waals surface area contributed by atoms with Crippen molar-refractivity contribution in [1.82, 2.24) is 0 Å². The Kier molecular flexibility index (Phi) is 5.23. The first-order chi connectivity index (χ1) is 9.77. The van der Waals surface area contributed by atoms with Crippen LogP contribution < -0.4 is 0 Å². The highest BCUT2D eigenvalue weighted by molar-refractivity contribution is 9.09. The molecule has 6 heteroatoms. The molecule has 0 aliphatic carbocycles. The molecule has 0 N–H and O–H groups in total. The first-order valence-electron chi connectivity index (χ1n) is 6.02. The van der Waals surface area contributed by atoms with Crippen LogP contribution in [0.25, 0.3) is 0 Å². The lowest BCUT2D eigenvalue weighted by Crippen LogP contribution is -2.05. The van der Waals surface area contributed by atoms with E-state index in [1.165, 1.54) is 12.1 Å². The third kappa shape index (κ3) is 4.38. The first-order valence-corrected chi connectivity index (χ1v) is 7.69. The number of rotatable bonds is 3. The molecule has 2 rings (SSSR count). The number of halogens is 6. The van der Waals surface area contributed by atoms with E-state index < -0.39 is 11.7 Å². The lowest BCUT2D eigenvalue weighted by atomic mass is 10.0. The number of hydrogen-bond acceptors (Lipinski definition) is 0. The van der Waals surface area contributed by atoms with Gasteiger partial charge in [0.1, 0.15) is 0 Å². The summed E-state index contributed by atoms with van der Waals surface area (Å²) in [6.45, 7) is 0. The van der Waals surface area contributed by atoms with E-state index in [4.69, 9.17) is 23.2 Å². The molecular formula is C15H10BrCl2F3. The zero-order valence-electron chi connectivity index (χ0n) is 10.6. The monoisotopic (exact) mass is 396 g/mol. The summed E-state index contributed by atoms with van der Waals surface area (Å²) in [6, 6.07) is 10.2. The summed E-state index contributed by atoms with van der Waals surface area (Å²) in [6.07, 6.45) is -3.80. The Balaban J connectivity index is 2.16. The van der Waals surface area contributed by atoms with Gasteiger partial charge in [-0.25, -0.2) is 0 Å². The standard InChI is InChI=1S/C15H10BrCl2F3/c16-13(12-8-11(17)5-6-14(12)18)7-9-1-3-10(4-2-9)15(19,20)21/h1-6,8,13H,7H2. The van der Waals surface area contributed by atoms with Crippen LogP contribution in [0.4, 0.5) is 13.2 Å². The highest BCUT2D eigenvalue weighted by atomic mass is 79.9. The molecule has 0 spiro atoms. The first kappa shape index (κ1) is 16.7. The summed E-state index contributed by atoms with van der Waals surface area (Å²) < 4.78 is 37.5. The summed E-state index contributed by atoms with van der Waals surface area (Å²) in [4.78, 5) is -0.125. The van der Waals surface area contributed by atoms with Crippen molar-refractivity contribution in [2.75, 3.05) is 0 Å². The van der Waals surface area contributed by atoms with Gasteiger partial charge in [0.05, 0.1) is 5.56 Å². The highest BCUT2D eigenvalue weighted by Gasteiger charge is 2.30. The quantitative estimate of drug-likeness (QED) is 0.506. The predicted molar refractivity (Wildman–Crippen MR) is 83.3 cm³/mol. The number of benzene rings is 2. The van der Waals surface area contributed by atoms with Crippen molar-refractivity contribution >= 4 is 39.1 Å². The molecule has 0 saturated heterocycles. The van der Waals surface area contributed by atoms with Crippen molar-refractivity contribution < 1.29 is 13.2 Å². The second kappa shape index (κ2) is 6.59. The van der Waals surface area contributed by atoms with Gasteiger partial charge in [0.25, 0.3) is 0 Å². The number of hydrogen-bond donors (Lipinski definition) is 0. The van der Waals surface area contributed by atoms with Gasteiger partial charge in [0.2, 0.25) is 0 Å². The largest absolute Gasteiger partial charge is 0.416 e. The second-order valence-corrected chi connectivity index (χ2v) is 6.48. The molecule has 1 unspecified atom stereocenters. The third-order valence-electron chi connectivity index (χ3n) is 2.99. The van der Waals surface area contributed by atoms with Crippen molar-refractivity contribution in [3.63, 3.8) is 0 Å². The summed E-state index contributed by atoms with van der Waals surface area (Å²) in [7, 11) is 0. The van der Waals surface area contributed by atoms with Crippen molar-refractivity contribution in [2.45, 2.75) is 17.4 Å². The van der Waals surface area contributed by atoms with Crippen LogP contribution in [0.1, 0.15) is 21.5 Å². The molecule has 0 aromatic heterocycles. The van der Waals surface area contributed by atoms with Gasteiger partial charge in [-0.3, -0.25) is 0 Å². The second-order valence-electron chi connectivity index (χ2n) is 4.53. The van der Waals surface area contributed by atoms with Crippen molar-refractivity contribution in [1.29, 1.82) is 0 Å². The van der Waals surface area contributed by atoms with Crippen molar-refractivity contribution in [3.05, 3.63) is 69.2 Å². The van der Waals surface area contributed by atoms with Crippen LogP contribution in [0.2, 0.25) is 10.0 Å². The number of alkyl halides is 4. The van der Waals surface area contributed by atoms with E-state index in [-0.39, 0.29) is 4.83 Å². The van der Waals surface area contributed by atoms with Gasteiger partial charge in [-0.15, -0.1) is 0 Å². The van der Waals surface area contributed by atoms with Gasteiger partial charge in [-0.1, -0.05) is 51.3 Å². The third-order valence-corrected chi connectivity index (χ3v) is 4.39. The van der Waals surface area contributed by atoms with E-state index in [9.17, 15) is 13.2 Å². The fourth-order valence-electron chi connectivity index (χ4n) is 1.90. The Morgan fingerprint density at radius 3 is 2.19 bits per heavy atom. The summed E-state index contributed by atoms with van der Waals surface area (Å²) in [5.74, 6) is 0. The molecule has 21 heavy (non-hydrogen) atoms. The van der Waals surface area contributed by atoms with Gasteiger partial charge >= 0.3 is 6.18 Å². The molecule has 2 aromatic rings. The molecule has 1 atom stereocenters. The van der Waals surface area contributed by atoms with E-state index >= 15 is 0 Å². The SMILES string of the molecule is FC(F)(F)c1ccc(CC(Br)c2cc(Cl)ccc2Cl)cc1. The summed E-state index contributed by atoms with van der Waals surface area (Å²) in [5, 5.41) is 1.12. The lowest BCUT2D eigenvalue weighted by molar-refractivity contribution is -0.137. The van der Waals surface area contributed by atoms with E-state index in [2.05, 4.69) is 15.9 Å². The molecular weight excluding hydrogens is 388 g/mol. The van der Waals surface area contributed by atoms with Gasteiger partial charge in [-0.05, 0) is 47.9 Å². The van der Waals surface area contributed by atoms with Gasteiger partial charge in [-0.2, -0.15) is 13.2 Å². The molecule has 112 valence electrons. The molecule has 0 aliphatic heterocycles. The molecule has 0 bridgehead atoms. The summed E-state index contributed by atoms with van der Waals surface area (Å²) in [5.41, 5.74) is 0.933. The molecule has 0 fully saturated rings. The zero-order chi connectivity index (χ0) is 15.6. The van der Waals surface area contributed by atoms with Gasteiger partial charge in [0, 0.05) is 14.9 Å². The van der Waals surface area contributed by atoms with Crippen molar-refractivity contribution in [3.8, 4) is 0 Å². The molecule has 0 heterocycles. The fraction of sp³-hybridized carbons (Fsp3) is 0.200. The molecule has 0 aliphatic rings. The van der Waals surface area contributed by atoms with E-state index in [0.717, 1.165) is 23.3 Å². The molecule has 0 radical (unpaired) electrons. The van der Waals surface area contributed by atoms with Crippen LogP contribution in [0.3, 0.4) is 0 Å². The smallest absolute Gasteiger partial charge is 0.166 e. The Bertz CT molecular complexity index is 624. The molecule has 0 nitrogen and oxygen atoms in total. The van der Waals surface area contributed by atoms with Crippen LogP contribution >= 0.6 is 39.1 Å². The van der Waals surface area contributed by atoms with Crippen LogP contribution in [-0.2, 0) is 12.6 Å². The van der Waals surface area contributed by atoms with Gasteiger partial charge in [0.15, 0.2) is 0 Å². The topological polar surface area (TPSA) is 0 Å². The molecule has 2 aromatic carbocycles. The highest BCUT2D eigenvalue weighted by Crippen LogP contribution is 2.35.